The maximum Gasteiger partial charge on any atom is 0.321 e. The molecule has 0 aliphatic carbocycles. The van der Waals surface area contributed by atoms with Crippen LogP contribution in [-0.2, 0) is 0 Å². The van der Waals surface area contributed by atoms with E-state index in [9.17, 15) is 4.79 Å². The summed E-state index contributed by atoms with van der Waals surface area (Å²) in [6, 6.07) is 7.84. The normalized spacial score (nSPS) is 17.3. The number of piperazine rings is 1. The van der Waals surface area contributed by atoms with Gasteiger partial charge in [-0.25, -0.2) is 4.79 Å². The van der Waals surface area contributed by atoms with Crippen LogP contribution < -0.4 is 11.1 Å². The number of hydrogen-bond acceptors (Lipinski definition) is 3. The molecule has 21 heavy (non-hydrogen) atoms. The Morgan fingerprint density at radius 2 is 2.00 bits per heavy atom. The second kappa shape index (κ2) is 6.87. The second-order valence-electron chi connectivity index (χ2n) is 5.40. The third-order valence-corrected chi connectivity index (χ3v) is 4.17. The fraction of sp³-hybridized carbons (Fsp3) is 0.467. The molecule has 1 aliphatic rings. The van der Waals surface area contributed by atoms with E-state index in [0.717, 1.165) is 24.3 Å². The van der Waals surface area contributed by atoms with Gasteiger partial charge in [0.15, 0.2) is 0 Å². The van der Waals surface area contributed by atoms with Crippen LogP contribution in [0.15, 0.2) is 24.3 Å². The van der Waals surface area contributed by atoms with Crippen LogP contribution in [0.3, 0.4) is 0 Å². The molecule has 1 unspecified atom stereocenters. The van der Waals surface area contributed by atoms with E-state index in [1.165, 1.54) is 0 Å². The van der Waals surface area contributed by atoms with Crippen molar-refractivity contribution in [2.75, 3.05) is 31.5 Å². The van der Waals surface area contributed by atoms with Gasteiger partial charge in [0.2, 0.25) is 0 Å². The van der Waals surface area contributed by atoms with Crippen molar-refractivity contribution in [2.45, 2.75) is 19.9 Å². The highest BCUT2D eigenvalue weighted by Gasteiger charge is 2.25. The third kappa shape index (κ3) is 4.15. The zero-order valence-corrected chi connectivity index (χ0v) is 13.3. The average Bonchev–Trinajstić information content (AvgIpc) is 2.46. The monoisotopic (exact) mass is 306 g/mol. The van der Waals surface area contributed by atoms with E-state index in [1.807, 2.05) is 43.0 Å². The molecule has 0 aromatic heterocycles. The van der Waals surface area contributed by atoms with Gasteiger partial charge in [-0.1, -0.05) is 24.4 Å². The molecule has 0 radical (unpaired) electrons. The minimum atomic E-state index is -0.0526. The fourth-order valence-electron chi connectivity index (χ4n) is 2.42. The number of benzene rings is 1. The number of anilines is 1. The lowest BCUT2D eigenvalue weighted by atomic mass is 10.2. The molecule has 1 aromatic carbocycles. The highest BCUT2D eigenvalue weighted by molar-refractivity contribution is 7.80. The van der Waals surface area contributed by atoms with Crippen molar-refractivity contribution in [1.82, 2.24) is 9.80 Å². The first-order valence-electron chi connectivity index (χ1n) is 7.13. The molecule has 0 spiro atoms. The molecule has 1 aliphatic heterocycles. The number of thiocarbonyl (C=S) groups is 1. The number of nitrogens with zero attached hydrogens (tertiary/aromatic N) is 2. The second-order valence-corrected chi connectivity index (χ2v) is 5.87. The minimum Gasteiger partial charge on any atom is -0.392 e. The fourth-order valence-corrected chi connectivity index (χ4v) is 2.57. The molecule has 1 heterocycles. The van der Waals surface area contributed by atoms with Gasteiger partial charge in [-0.05, 0) is 31.5 Å². The number of nitrogens with one attached hydrogen (secondary N) is 1. The maximum absolute atomic E-state index is 12.2. The molecule has 2 amide bonds. The van der Waals surface area contributed by atoms with Crippen LogP contribution in [0.5, 0.6) is 0 Å². The van der Waals surface area contributed by atoms with Crippen LogP contribution in [-0.4, -0.2) is 53.0 Å². The summed E-state index contributed by atoms with van der Waals surface area (Å²) in [6.07, 6.45) is 0. The number of aryl methyl sites for hydroxylation is 1. The lowest BCUT2D eigenvalue weighted by Crippen LogP contribution is -2.54. The van der Waals surface area contributed by atoms with Crippen LogP contribution in [0.4, 0.5) is 10.5 Å². The van der Waals surface area contributed by atoms with E-state index >= 15 is 0 Å². The van der Waals surface area contributed by atoms with Gasteiger partial charge in [0.25, 0.3) is 0 Å². The molecular weight excluding hydrogens is 284 g/mol. The molecule has 1 saturated heterocycles. The summed E-state index contributed by atoms with van der Waals surface area (Å²) in [6.45, 7) is 6.96. The SMILES string of the molecule is Cc1cccc(NC(=O)N2CCN(C(C)C(N)=S)CC2)c1. The smallest absolute Gasteiger partial charge is 0.321 e. The van der Waals surface area contributed by atoms with E-state index in [0.29, 0.717) is 18.1 Å². The van der Waals surface area contributed by atoms with Crippen LogP contribution in [0, 0.1) is 6.92 Å². The lowest BCUT2D eigenvalue weighted by Gasteiger charge is -2.37. The molecule has 0 bridgehead atoms. The number of rotatable bonds is 3. The van der Waals surface area contributed by atoms with E-state index in [2.05, 4.69) is 10.2 Å². The Hall–Kier alpha value is -1.66. The summed E-state index contributed by atoms with van der Waals surface area (Å²) >= 11 is 5.02. The van der Waals surface area contributed by atoms with Gasteiger partial charge < -0.3 is 16.0 Å². The largest absolute Gasteiger partial charge is 0.392 e. The summed E-state index contributed by atoms with van der Waals surface area (Å²) in [7, 11) is 0. The highest BCUT2D eigenvalue weighted by atomic mass is 32.1. The zero-order valence-electron chi connectivity index (χ0n) is 12.5. The molecule has 0 saturated carbocycles. The quantitative estimate of drug-likeness (QED) is 0.836. The first kappa shape index (κ1) is 15.7. The number of carbonyl (C=O) groups is 1. The van der Waals surface area contributed by atoms with Gasteiger partial charge in [0.05, 0.1) is 11.0 Å². The Labute approximate surface area is 131 Å². The lowest BCUT2D eigenvalue weighted by molar-refractivity contribution is 0.139. The third-order valence-electron chi connectivity index (χ3n) is 3.83. The first-order valence-corrected chi connectivity index (χ1v) is 7.54. The molecule has 1 fully saturated rings. The van der Waals surface area contributed by atoms with Gasteiger partial charge in [-0.2, -0.15) is 0 Å². The summed E-state index contributed by atoms with van der Waals surface area (Å²) in [5.41, 5.74) is 7.63. The summed E-state index contributed by atoms with van der Waals surface area (Å²) in [5, 5.41) is 2.94. The minimum absolute atomic E-state index is 0.0526. The van der Waals surface area contributed by atoms with Crippen molar-refractivity contribution in [2.24, 2.45) is 5.73 Å². The predicted molar refractivity (Wildman–Crippen MR) is 89.6 cm³/mol. The van der Waals surface area contributed by atoms with Crippen molar-refractivity contribution in [3.05, 3.63) is 29.8 Å². The number of urea groups is 1. The molecule has 1 aromatic rings. The average molecular weight is 306 g/mol. The predicted octanol–water partition coefficient (Wildman–Crippen LogP) is 1.82. The Morgan fingerprint density at radius 3 is 2.57 bits per heavy atom. The molecule has 5 nitrogen and oxygen atoms in total. The Bertz CT molecular complexity index is 526. The number of nitrogens with two attached hydrogens (primary N) is 1. The summed E-state index contributed by atoms with van der Waals surface area (Å²) < 4.78 is 0. The maximum atomic E-state index is 12.2. The molecule has 1 atom stereocenters. The topological polar surface area (TPSA) is 61.6 Å². The van der Waals surface area contributed by atoms with Gasteiger partial charge in [-0.15, -0.1) is 0 Å². The molecule has 6 heteroatoms. The Balaban J connectivity index is 1.87. The first-order chi connectivity index (χ1) is 9.97. The Morgan fingerprint density at radius 1 is 1.33 bits per heavy atom. The van der Waals surface area contributed by atoms with Crippen molar-refractivity contribution in [3.63, 3.8) is 0 Å². The van der Waals surface area contributed by atoms with Crippen LogP contribution in [0.25, 0.3) is 0 Å². The summed E-state index contributed by atoms with van der Waals surface area (Å²) in [5.74, 6) is 0. The highest BCUT2D eigenvalue weighted by Crippen LogP contribution is 2.12. The van der Waals surface area contributed by atoms with Crippen molar-refractivity contribution in [3.8, 4) is 0 Å². The van der Waals surface area contributed by atoms with Crippen LogP contribution in [0.2, 0.25) is 0 Å². The van der Waals surface area contributed by atoms with Gasteiger partial charge in [0, 0.05) is 31.9 Å². The van der Waals surface area contributed by atoms with E-state index < -0.39 is 0 Å². The zero-order chi connectivity index (χ0) is 15.4. The van der Waals surface area contributed by atoms with E-state index in [1.54, 1.807) is 0 Å². The van der Waals surface area contributed by atoms with Crippen molar-refractivity contribution >= 4 is 28.9 Å². The molecule has 2 rings (SSSR count). The molecular formula is C15H22N4OS. The summed E-state index contributed by atoms with van der Waals surface area (Å²) in [4.78, 5) is 16.8. The number of carbonyl (C=O) groups excluding carboxylic acids is 1. The van der Waals surface area contributed by atoms with Gasteiger partial charge in [-0.3, -0.25) is 4.90 Å². The number of hydrogen-bond donors (Lipinski definition) is 2. The standard InChI is InChI=1S/C15H22N4OS/c1-11-4-3-5-13(10-11)17-15(20)19-8-6-18(7-9-19)12(2)14(16)21/h3-5,10,12H,6-9H2,1-2H3,(H2,16,21)(H,17,20). The van der Waals surface area contributed by atoms with E-state index in [-0.39, 0.29) is 12.1 Å². The molecule has 3 N–H and O–H groups in total. The van der Waals surface area contributed by atoms with Crippen LogP contribution >= 0.6 is 12.2 Å². The number of amides is 2. The van der Waals surface area contributed by atoms with Gasteiger partial charge >= 0.3 is 6.03 Å². The van der Waals surface area contributed by atoms with Crippen LogP contribution in [0.1, 0.15) is 12.5 Å². The molecule has 114 valence electrons. The Kier molecular flexibility index (Phi) is 5.14. The van der Waals surface area contributed by atoms with Gasteiger partial charge in [0.1, 0.15) is 0 Å². The van der Waals surface area contributed by atoms with Crippen molar-refractivity contribution < 1.29 is 4.79 Å². The van der Waals surface area contributed by atoms with Crippen molar-refractivity contribution in [1.29, 1.82) is 0 Å². The van der Waals surface area contributed by atoms with E-state index in [4.69, 9.17) is 18.0 Å².